The number of carboxylic acid groups (broad SMARTS) is 1. The first-order chi connectivity index (χ1) is 19.9. The number of hydrogen-bond donors (Lipinski definition) is 1. The maximum atomic E-state index is 14.0. The number of aliphatic carboxylic acids is 1. The van der Waals surface area contributed by atoms with Crippen molar-refractivity contribution in [2.24, 2.45) is 10.8 Å². The number of Topliss-reactive ketones (excluding diaryl/α,β-unsaturated/α-hetero) is 2. The van der Waals surface area contributed by atoms with E-state index >= 15 is 0 Å². The second-order valence-corrected chi connectivity index (χ2v) is 13.5. The van der Waals surface area contributed by atoms with E-state index in [1.807, 2.05) is 70.2 Å². The number of ketones is 2. The summed E-state index contributed by atoms with van der Waals surface area (Å²) in [6, 6.07) is 22.0. The molecule has 6 heteroatoms. The number of nitrogens with zero attached hydrogens (tertiary/aromatic N) is 1. The molecule has 0 saturated heterocycles. The molecular weight excluding hydrogens is 526 g/mol. The highest BCUT2D eigenvalue weighted by atomic mass is 16.5. The number of carbonyl (C=O) groups excluding carboxylic acids is 2. The first-order valence-corrected chi connectivity index (χ1v) is 14.6. The van der Waals surface area contributed by atoms with E-state index in [0.29, 0.717) is 49.2 Å². The van der Waals surface area contributed by atoms with Crippen LogP contribution in [0.2, 0.25) is 0 Å². The first-order valence-electron chi connectivity index (χ1n) is 14.6. The molecule has 6 rings (SSSR count). The number of rotatable bonds is 6. The van der Waals surface area contributed by atoms with Gasteiger partial charge in [-0.05, 0) is 46.1 Å². The van der Waals surface area contributed by atoms with Gasteiger partial charge in [0.15, 0.2) is 11.6 Å². The summed E-state index contributed by atoms with van der Waals surface area (Å²) in [6.07, 6.45) is 1.79. The molecule has 0 bridgehead atoms. The number of para-hydroxylation sites is 1. The van der Waals surface area contributed by atoms with Crippen molar-refractivity contribution in [3.05, 3.63) is 100 Å². The van der Waals surface area contributed by atoms with Crippen LogP contribution in [0.15, 0.2) is 89.3 Å². The molecule has 0 spiro atoms. The van der Waals surface area contributed by atoms with E-state index in [4.69, 9.17) is 4.74 Å². The lowest BCUT2D eigenvalue weighted by molar-refractivity contribution is -0.138. The number of fused-ring (bicyclic) bond motifs is 1. The van der Waals surface area contributed by atoms with Gasteiger partial charge in [-0.25, -0.2) is 0 Å². The Hall–Kier alpha value is -4.19. The van der Waals surface area contributed by atoms with Crippen LogP contribution in [0, 0.1) is 10.8 Å². The molecule has 0 saturated carbocycles. The molecular formula is C36H37NO5. The van der Waals surface area contributed by atoms with Gasteiger partial charge in [-0.1, -0.05) is 88.4 Å². The maximum absolute atomic E-state index is 14.0. The molecule has 3 aliphatic rings. The van der Waals surface area contributed by atoms with E-state index in [9.17, 15) is 19.5 Å². The largest absolute Gasteiger partial charge is 0.489 e. The molecule has 0 unspecified atom stereocenters. The number of hydrogen-bond acceptors (Lipinski definition) is 5. The van der Waals surface area contributed by atoms with Crippen LogP contribution in [0.1, 0.15) is 70.4 Å². The lowest BCUT2D eigenvalue weighted by atomic mass is 9.63. The fourth-order valence-electron chi connectivity index (χ4n) is 7.11. The Kier molecular flexibility index (Phi) is 6.83. The molecule has 2 aliphatic carbocycles. The van der Waals surface area contributed by atoms with Crippen molar-refractivity contribution >= 4 is 28.3 Å². The number of ether oxygens (including phenoxy) is 1. The van der Waals surface area contributed by atoms with Gasteiger partial charge in [0.2, 0.25) is 0 Å². The van der Waals surface area contributed by atoms with Crippen LogP contribution in [-0.2, 0) is 21.0 Å². The van der Waals surface area contributed by atoms with Crippen molar-refractivity contribution in [1.82, 2.24) is 4.90 Å². The van der Waals surface area contributed by atoms with Crippen LogP contribution >= 0.6 is 0 Å². The number of allylic oxidation sites excluding steroid dienone is 4. The molecule has 3 aromatic rings. The molecule has 216 valence electrons. The third-order valence-electron chi connectivity index (χ3n) is 8.81. The second-order valence-electron chi connectivity index (χ2n) is 13.5. The smallest absolute Gasteiger partial charge is 0.323 e. The Morgan fingerprint density at radius 3 is 2.02 bits per heavy atom. The summed E-state index contributed by atoms with van der Waals surface area (Å²) in [7, 11) is 0. The number of carbonyl (C=O) groups is 3. The number of carboxylic acids is 1. The number of benzene rings is 3. The zero-order chi connectivity index (χ0) is 29.8. The van der Waals surface area contributed by atoms with Gasteiger partial charge in [-0.3, -0.25) is 14.4 Å². The summed E-state index contributed by atoms with van der Waals surface area (Å²) in [6.45, 7) is 8.23. The van der Waals surface area contributed by atoms with Crippen molar-refractivity contribution in [1.29, 1.82) is 0 Å². The molecule has 0 aromatic heterocycles. The van der Waals surface area contributed by atoms with E-state index in [1.165, 1.54) is 0 Å². The van der Waals surface area contributed by atoms with Crippen LogP contribution in [0.5, 0.6) is 5.75 Å². The van der Waals surface area contributed by atoms with Gasteiger partial charge >= 0.3 is 5.97 Å². The summed E-state index contributed by atoms with van der Waals surface area (Å²) >= 11 is 0. The van der Waals surface area contributed by atoms with Crippen molar-refractivity contribution < 1.29 is 24.2 Å². The molecule has 0 atom stereocenters. The van der Waals surface area contributed by atoms with Gasteiger partial charge in [0, 0.05) is 46.9 Å². The standard InChI is InChI=1S/C36H37NO5/c1-35(2)16-26-33(28(38)18-35)32(34-27(37(26)20-31(40)41)17-36(3,4)19-29(34)39)25-14-7-8-15-30(25)42-21-23-12-9-11-22-10-5-6-13-24(22)23/h5-15,32H,16-21H2,1-4H3,(H,40,41). The average molecular weight is 564 g/mol. The van der Waals surface area contributed by atoms with E-state index in [-0.39, 0.29) is 28.9 Å². The van der Waals surface area contributed by atoms with Crippen LogP contribution in [0.4, 0.5) is 0 Å². The Morgan fingerprint density at radius 1 is 0.810 bits per heavy atom. The molecule has 3 aromatic carbocycles. The van der Waals surface area contributed by atoms with E-state index in [0.717, 1.165) is 33.3 Å². The quantitative estimate of drug-likeness (QED) is 0.342. The maximum Gasteiger partial charge on any atom is 0.323 e. The summed E-state index contributed by atoms with van der Waals surface area (Å²) in [5.41, 5.74) is 3.72. The van der Waals surface area contributed by atoms with E-state index < -0.39 is 11.9 Å². The fraction of sp³-hybridized carbons (Fsp3) is 0.361. The predicted octanol–water partition coefficient (Wildman–Crippen LogP) is 7.19. The molecule has 1 N–H and O–H groups in total. The SMILES string of the molecule is CC1(C)CC(=O)C2=C(C1)N(CC(=O)O)C1=C(C(=O)CC(C)(C)C1)C2c1ccccc1OCc1cccc2ccccc12. The normalized spacial score (nSPS) is 20.0. The lowest BCUT2D eigenvalue weighted by Gasteiger charge is -2.48. The average Bonchev–Trinajstić information content (AvgIpc) is 2.91. The second kappa shape index (κ2) is 10.3. The molecule has 0 fully saturated rings. The minimum absolute atomic E-state index is 0.0327. The highest BCUT2D eigenvalue weighted by molar-refractivity contribution is 6.07. The van der Waals surface area contributed by atoms with E-state index in [2.05, 4.69) is 24.3 Å². The van der Waals surface area contributed by atoms with Gasteiger partial charge in [-0.2, -0.15) is 0 Å². The molecule has 42 heavy (non-hydrogen) atoms. The molecule has 6 nitrogen and oxygen atoms in total. The predicted molar refractivity (Wildman–Crippen MR) is 162 cm³/mol. The highest BCUT2D eigenvalue weighted by Gasteiger charge is 2.49. The van der Waals surface area contributed by atoms with Gasteiger partial charge in [-0.15, -0.1) is 0 Å². The van der Waals surface area contributed by atoms with Crippen LogP contribution in [0.25, 0.3) is 10.8 Å². The lowest BCUT2D eigenvalue weighted by Crippen LogP contribution is -2.45. The van der Waals surface area contributed by atoms with Gasteiger partial charge in [0.1, 0.15) is 18.9 Å². The van der Waals surface area contributed by atoms with E-state index in [1.54, 1.807) is 4.90 Å². The molecule has 0 amide bonds. The van der Waals surface area contributed by atoms with Gasteiger partial charge in [0.25, 0.3) is 0 Å². The van der Waals surface area contributed by atoms with Crippen molar-refractivity contribution in [3.63, 3.8) is 0 Å². The van der Waals surface area contributed by atoms with Crippen LogP contribution in [0.3, 0.4) is 0 Å². The summed E-state index contributed by atoms with van der Waals surface area (Å²) in [5.74, 6) is -1.03. The third kappa shape index (κ3) is 5.04. The minimum Gasteiger partial charge on any atom is -0.489 e. The third-order valence-corrected chi connectivity index (χ3v) is 8.81. The Morgan fingerprint density at radius 2 is 1.38 bits per heavy atom. The Labute approximate surface area is 246 Å². The highest BCUT2D eigenvalue weighted by Crippen LogP contribution is 2.55. The Bertz CT molecular complexity index is 1630. The summed E-state index contributed by atoms with van der Waals surface area (Å²) in [4.78, 5) is 41.9. The molecule has 1 heterocycles. The zero-order valence-corrected chi connectivity index (χ0v) is 24.7. The minimum atomic E-state index is -0.988. The topological polar surface area (TPSA) is 83.9 Å². The first kappa shape index (κ1) is 28.0. The summed E-state index contributed by atoms with van der Waals surface area (Å²) in [5, 5.41) is 12.2. The Balaban J connectivity index is 1.51. The van der Waals surface area contributed by atoms with Crippen LogP contribution in [-0.4, -0.2) is 34.1 Å². The van der Waals surface area contributed by atoms with Crippen molar-refractivity contribution in [3.8, 4) is 5.75 Å². The van der Waals surface area contributed by atoms with Crippen molar-refractivity contribution in [2.75, 3.05) is 6.54 Å². The zero-order valence-electron chi connectivity index (χ0n) is 24.7. The van der Waals surface area contributed by atoms with Gasteiger partial charge < -0.3 is 14.7 Å². The van der Waals surface area contributed by atoms with Crippen LogP contribution < -0.4 is 4.74 Å². The monoisotopic (exact) mass is 563 g/mol. The summed E-state index contributed by atoms with van der Waals surface area (Å²) < 4.78 is 6.51. The van der Waals surface area contributed by atoms with Gasteiger partial charge in [0.05, 0.1) is 0 Å². The fourth-order valence-corrected chi connectivity index (χ4v) is 7.11. The molecule has 1 aliphatic heterocycles. The van der Waals surface area contributed by atoms with Crippen molar-refractivity contribution in [2.45, 2.75) is 65.9 Å². The molecule has 0 radical (unpaired) electrons.